The van der Waals surface area contributed by atoms with E-state index in [9.17, 15) is 4.79 Å². The maximum atomic E-state index is 11.7. The minimum atomic E-state index is -0.181. The fraction of sp³-hybridized carbons (Fsp3) is 0.200. The zero-order chi connectivity index (χ0) is 12.5. The van der Waals surface area contributed by atoms with Gasteiger partial charge in [0.2, 0.25) is 11.9 Å². The minimum absolute atomic E-state index is 0.181. The van der Waals surface area contributed by atoms with Crippen molar-refractivity contribution < 1.29 is 4.79 Å². The number of aromatic nitrogens is 5. The van der Waals surface area contributed by atoms with Gasteiger partial charge < -0.3 is 0 Å². The average molecular weight is 262 g/mol. The molecule has 0 bridgehead atoms. The van der Waals surface area contributed by atoms with Gasteiger partial charge in [0.05, 0.1) is 12.1 Å². The summed E-state index contributed by atoms with van der Waals surface area (Å²) >= 11 is 1.53. The van der Waals surface area contributed by atoms with Crippen LogP contribution in [0.3, 0.4) is 0 Å². The summed E-state index contributed by atoms with van der Waals surface area (Å²) in [4.78, 5) is 21.0. The summed E-state index contributed by atoms with van der Waals surface area (Å²) in [6.07, 6.45) is 3.96. The molecule has 2 N–H and O–H groups in total. The van der Waals surface area contributed by atoms with Gasteiger partial charge in [0.15, 0.2) is 4.96 Å². The fourth-order valence-electron chi connectivity index (χ4n) is 1.59. The van der Waals surface area contributed by atoms with Crippen molar-refractivity contribution >= 4 is 28.2 Å². The second-order valence-corrected chi connectivity index (χ2v) is 4.67. The molecule has 0 saturated heterocycles. The third-order valence-corrected chi connectivity index (χ3v) is 3.10. The van der Waals surface area contributed by atoms with E-state index in [1.54, 1.807) is 6.92 Å². The lowest BCUT2D eigenvalue weighted by atomic mass is 10.3. The molecule has 3 rings (SSSR count). The van der Waals surface area contributed by atoms with Crippen LogP contribution in [0.4, 0.5) is 5.95 Å². The van der Waals surface area contributed by atoms with Gasteiger partial charge in [0, 0.05) is 17.8 Å². The van der Waals surface area contributed by atoms with Crippen molar-refractivity contribution in [2.45, 2.75) is 13.3 Å². The Morgan fingerprint density at radius 3 is 3.17 bits per heavy atom. The van der Waals surface area contributed by atoms with Gasteiger partial charge in [0.25, 0.3) is 0 Å². The summed E-state index contributed by atoms with van der Waals surface area (Å²) in [5.41, 5.74) is 0.728. The maximum absolute atomic E-state index is 11.7. The van der Waals surface area contributed by atoms with Crippen molar-refractivity contribution in [1.82, 2.24) is 24.6 Å². The number of hydrogen-bond acceptors (Lipinski definition) is 5. The summed E-state index contributed by atoms with van der Waals surface area (Å²) in [7, 11) is 0. The maximum Gasteiger partial charge on any atom is 0.248 e. The molecule has 0 aliphatic heterocycles. The highest BCUT2D eigenvalue weighted by molar-refractivity contribution is 7.15. The Hall–Kier alpha value is -2.22. The van der Waals surface area contributed by atoms with Crippen molar-refractivity contribution in [2.24, 2.45) is 0 Å². The van der Waals surface area contributed by atoms with E-state index in [0.29, 0.717) is 11.8 Å². The Morgan fingerprint density at radius 2 is 2.44 bits per heavy atom. The highest BCUT2D eigenvalue weighted by Crippen LogP contribution is 2.12. The molecule has 0 saturated carbocycles. The Labute approximate surface area is 106 Å². The molecule has 0 aliphatic rings. The van der Waals surface area contributed by atoms with E-state index < -0.39 is 0 Å². The number of nitrogens with zero attached hydrogens (tertiary/aromatic N) is 4. The van der Waals surface area contributed by atoms with Gasteiger partial charge in [-0.3, -0.25) is 19.6 Å². The number of rotatable bonds is 3. The molecule has 0 aliphatic carbocycles. The van der Waals surface area contributed by atoms with Gasteiger partial charge in [-0.15, -0.1) is 16.4 Å². The van der Waals surface area contributed by atoms with Crippen LogP contribution in [-0.2, 0) is 11.2 Å². The van der Waals surface area contributed by atoms with Crippen LogP contribution in [0.25, 0.3) is 4.96 Å². The Kier molecular flexibility index (Phi) is 2.56. The molecule has 0 fully saturated rings. The molecule has 3 aromatic rings. The first-order valence-electron chi connectivity index (χ1n) is 5.30. The van der Waals surface area contributed by atoms with Crippen LogP contribution in [-0.4, -0.2) is 30.5 Å². The van der Waals surface area contributed by atoms with Crippen LogP contribution in [0.15, 0.2) is 17.8 Å². The van der Waals surface area contributed by atoms with Gasteiger partial charge in [-0.1, -0.05) is 0 Å². The number of anilines is 1. The van der Waals surface area contributed by atoms with Crippen molar-refractivity contribution in [2.75, 3.05) is 5.32 Å². The molecule has 0 radical (unpaired) electrons. The number of nitrogens with one attached hydrogen (secondary N) is 2. The Balaban J connectivity index is 1.69. The van der Waals surface area contributed by atoms with Crippen molar-refractivity contribution in [3.63, 3.8) is 0 Å². The number of hydrogen-bond donors (Lipinski definition) is 2. The number of fused-ring (bicyclic) bond motifs is 1. The van der Waals surface area contributed by atoms with E-state index in [0.717, 1.165) is 10.7 Å². The molecule has 18 heavy (non-hydrogen) atoms. The molecule has 3 aromatic heterocycles. The van der Waals surface area contributed by atoms with E-state index in [1.807, 2.05) is 22.2 Å². The zero-order valence-corrected chi connectivity index (χ0v) is 10.4. The van der Waals surface area contributed by atoms with E-state index in [1.165, 1.54) is 11.3 Å². The van der Waals surface area contributed by atoms with Gasteiger partial charge in [-0.2, -0.15) is 4.98 Å². The number of amides is 1. The quantitative estimate of drug-likeness (QED) is 0.737. The molecule has 7 nitrogen and oxygen atoms in total. The van der Waals surface area contributed by atoms with Gasteiger partial charge >= 0.3 is 0 Å². The lowest BCUT2D eigenvalue weighted by molar-refractivity contribution is -0.115. The highest BCUT2D eigenvalue weighted by Gasteiger charge is 2.10. The first kappa shape index (κ1) is 10.9. The van der Waals surface area contributed by atoms with Gasteiger partial charge in [-0.05, 0) is 6.92 Å². The van der Waals surface area contributed by atoms with E-state index in [2.05, 4.69) is 25.5 Å². The molecular weight excluding hydrogens is 252 g/mol. The normalized spacial score (nSPS) is 10.9. The lowest BCUT2D eigenvalue weighted by Crippen LogP contribution is -2.15. The second kappa shape index (κ2) is 4.22. The summed E-state index contributed by atoms with van der Waals surface area (Å²) < 4.78 is 1.89. The topological polar surface area (TPSA) is 88.0 Å². The van der Waals surface area contributed by atoms with Crippen molar-refractivity contribution in [1.29, 1.82) is 0 Å². The van der Waals surface area contributed by atoms with Crippen molar-refractivity contribution in [3.05, 3.63) is 29.3 Å². The molecule has 0 aromatic carbocycles. The largest absolute Gasteiger partial charge is 0.297 e. The number of H-pyrrole nitrogens is 1. The van der Waals surface area contributed by atoms with Crippen LogP contribution in [0.2, 0.25) is 0 Å². The van der Waals surface area contributed by atoms with Crippen molar-refractivity contribution in [3.8, 4) is 0 Å². The van der Waals surface area contributed by atoms with E-state index >= 15 is 0 Å². The predicted octanol–water partition coefficient (Wildman–Crippen LogP) is 1.00. The molecular formula is C10H10N6OS. The molecule has 0 unspecified atom stereocenters. The fourth-order valence-corrected chi connectivity index (χ4v) is 2.31. The predicted molar refractivity (Wildman–Crippen MR) is 66.5 cm³/mol. The third-order valence-electron chi connectivity index (χ3n) is 2.33. The third kappa shape index (κ3) is 2.09. The number of imidazole rings is 1. The second-order valence-electron chi connectivity index (χ2n) is 3.79. The summed E-state index contributed by atoms with van der Waals surface area (Å²) in [5, 5.41) is 11.1. The number of aromatic amines is 1. The SMILES string of the molecule is Cc1nc(NC(=O)Cc2cn3ccsc3n2)n[nH]1. The van der Waals surface area contributed by atoms with Crippen LogP contribution in [0.1, 0.15) is 11.5 Å². The molecule has 92 valence electrons. The molecule has 0 spiro atoms. The van der Waals surface area contributed by atoms with Crippen LogP contribution >= 0.6 is 11.3 Å². The average Bonchev–Trinajstić information content (AvgIpc) is 2.94. The molecule has 0 atom stereocenters. The lowest BCUT2D eigenvalue weighted by Gasteiger charge is -1.97. The number of carbonyl (C=O) groups excluding carboxylic acids is 1. The van der Waals surface area contributed by atoms with Crippen LogP contribution in [0, 0.1) is 6.92 Å². The summed E-state index contributed by atoms with van der Waals surface area (Å²) in [6.45, 7) is 1.77. The smallest absolute Gasteiger partial charge is 0.248 e. The number of aryl methyl sites for hydroxylation is 1. The Bertz CT molecular complexity index is 667. The monoisotopic (exact) mass is 262 g/mol. The standard InChI is InChI=1S/C10H10N6OS/c1-6-11-9(15-14-6)13-8(17)4-7-5-16-2-3-18-10(16)12-7/h2-3,5H,4H2,1H3,(H2,11,13,14,15,17). The van der Waals surface area contributed by atoms with Crippen LogP contribution < -0.4 is 5.32 Å². The summed E-state index contributed by atoms with van der Waals surface area (Å²) in [6, 6.07) is 0. The molecule has 8 heteroatoms. The van der Waals surface area contributed by atoms with Gasteiger partial charge in [0.1, 0.15) is 5.82 Å². The minimum Gasteiger partial charge on any atom is -0.297 e. The first-order valence-corrected chi connectivity index (χ1v) is 6.18. The van der Waals surface area contributed by atoms with E-state index in [-0.39, 0.29) is 12.3 Å². The molecule has 3 heterocycles. The zero-order valence-electron chi connectivity index (χ0n) is 9.54. The molecule has 1 amide bonds. The number of carbonyl (C=O) groups is 1. The number of thiazole rings is 1. The van der Waals surface area contributed by atoms with E-state index in [4.69, 9.17) is 0 Å². The Morgan fingerprint density at radius 1 is 1.56 bits per heavy atom. The van der Waals surface area contributed by atoms with Crippen LogP contribution in [0.5, 0.6) is 0 Å². The summed E-state index contributed by atoms with van der Waals surface area (Å²) in [5.74, 6) is 0.770. The highest BCUT2D eigenvalue weighted by atomic mass is 32.1. The first-order chi connectivity index (χ1) is 8.70. The van der Waals surface area contributed by atoms with Gasteiger partial charge in [-0.25, -0.2) is 4.98 Å².